The molecule has 0 fully saturated rings. The van der Waals surface area contributed by atoms with E-state index < -0.39 is 11.4 Å². The number of nitrogens with zero attached hydrogens (tertiary/aromatic N) is 4. The second-order valence-corrected chi connectivity index (χ2v) is 8.01. The summed E-state index contributed by atoms with van der Waals surface area (Å²) in [5.41, 5.74) is -0.0224. The monoisotopic (exact) mass is 428 g/mol. The van der Waals surface area contributed by atoms with Gasteiger partial charge in [0.15, 0.2) is 5.78 Å². The molecule has 6 nitrogen and oxygen atoms in total. The van der Waals surface area contributed by atoms with Crippen LogP contribution in [0.15, 0.2) is 59.7 Å². The molecular weight excluding hydrogens is 407 g/mol. The number of hydrogen-bond donors (Lipinski definition) is 0. The van der Waals surface area contributed by atoms with E-state index in [1.54, 1.807) is 41.3 Å². The van der Waals surface area contributed by atoms with Gasteiger partial charge in [0.25, 0.3) is 5.56 Å². The Morgan fingerprint density at radius 1 is 1.10 bits per heavy atom. The lowest BCUT2D eigenvalue weighted by Gasteiger charge is -2.40. The largest absolute Gasteiger partial charge is 0.334 e. The van der Waals surface area contributed by atoms with Crippen LogP contribution in [-0.2, 0) is 6.54 Å². The van der Waals surface area contributed by atoms with Gasteiger partial charge in [-0.1, -0.05) is 44.2 Å². The normalized spacial score (nSPS) is 14.6. The third-order valence-electron chi connectivity index (χ3n) is 4.97. The fourth-order valence-corrected chi connectivity index (χ4v) is 3.69. The molecule has 1 aliphatic heterocycles. The van der Waals surface area contributed by atoms with Crippen LogP contribution < -0.4 is 10.5 Å². The fourth-order valence-electron chi connectivity index (χ4n) is 3.69. The van der Waals surface area contributed by atoms with E-state index in [-0.39, 0.29) is 35.8 Å². The van der Waals surface area contributed by atoms with Crippen LogP contribution in [-0.4, -0.2) is 33.4 Å². The van der Waals surface area contributed by atoms with E-state index >= 15 is 0 Å². The SMILES string of the molecule is CC1(C)CN(CC(=O)c2ccccc2)c2nc(-c3ccncc3)c(F)c(=O)n2C1.Cl. The highest BCUT2D eigenvalue weighted by atomic mass is 35.5. The predicted octanol–water partition coefficient (Wildman–Crippen LogP) is 3.60. The predicted molar refractivity (Wildman–Crippen MR) is 116 cm³/mol. The van der Waals surface area contributed by atoms with E-state index in [9.17, 15) is 14.0 Å². The smallest absolute Gasteiger partial charge is 0.291 e. The van der Waals surface area contributed by atoms with Crippen LogP contribution in [0.25, 0.3) is 11.3 Å². The van der Waals surface area contributed by atoms with E-state index in [1.165, 1.54) is 17.0 Å². The number of halogens is 2. The number of benzene rings is 1. The van der Waals surface area contributed by atoms with Crippen LogP contribution in [0.1, 0.15) is 24.2 Å². The van der Waals surface area contributed by atoms with Crippen molar-refractivity contribution in [3.63, 3.8) is 0 Å². The second kappa shape index (κ2) is 8.36. The maximum Gasteiger partial charge on any atom is 0.291 e. The molecule has 0 spiro atoms. The molecule has 0 saturated heterocycles. The van der Waals surface area contributed by atoms with Crippen LogP contribution in [0.5, 0.6) is 0 Å². The molecule has 156 valence electrons. The molecule has 3 heterocycles. The van der Waals surface area contributed by atoms with Gasteiger partial charge in [-0.25, -0.2) is 4.98 Å². The highest BCUT2D eigenvalue weighted by Gasteiger charge is 2.34. The summed E-state index contributed by atoms with van der Waals surface area (Å²) < 4.78 is 16.2. The van der Waals surface area contributed by atoms with Crippen molar-refractivity contribution in [1.82, 2.24) is 14.5 Å². The second-order valence-electron chi connectivity index (χ2n) is 8.01. The summed E-state index contributed by atoms with van der Waals surface area (Å²) in [6, 6.07) is 12.2. The number of aromatic nitrogens is 3. The Hall–Kier alpha value is -3.06. The lowest BCUT2D eigenvalue weighted by Crippen LogP contribution is -2.49. The molecule has 8 heteroatoms. The number of rotatable bonds is 4. The number of Topliss-reactive ketones (excluding diaryl/α,β-unsaturated/α-hetero) is 1. The third kappa shape index (κ3) is 4.11. The zero-order valence-corrected chi connectivity index (χ0v) is 17.5. The number of pyridine rings is 1. The van der Waals surface area contributed by atoms with Crippen LogP contribution in [0, 0.1) is 11.2 Å². The number of fused-ring (bicyclic) bond motifs is 1. The summed E-state index contributed by atoms with van der Waals surface area (Å²) in [5.74, 6) is -0.669. The summed E-state index contributed by atoms with van der Waals surface area (Å²) >= 11 is 0. The minimum Gasteiger partial charge on any atom is -0.334 e. The summed E-state index contributed by atoms with van der Waals surface area (Å²) in [5, 5.41) is 0. The molecule has 0 saturated carbocycles. The molecule has 0 radical (unpaired) electrons. The molecule has 0 unspecified atom stereocenters. The Morgan fingerprint density at radius 2 is 1.77 bits per heavy atom. The van der Waals surface area contributed by atoms with Gasteiger partial charge in [-0.05, 0) is 12.1 Å². The maximum atomic E-state index is 14.9. The molecule has 0 aliphatic carbocycles. The Morgan fingerprint density at radius 3 is 2.43 bits per heavy atom. The Balaban J connectivity index is 0.00000256. The number of ketones is 1. The summed E-state index contributed by atoms with van der Waals surface area (Å²) in [4.78, 5) is 35.8. The summed E-state index contributed by atoms with van der Waals surface area (Å²) in [6.45, 7) is 4.88. The van der Waals surface area contributed by atoms with Crippen LogP contribution >= 0.6 is 12.4 Å². The van der Waals surface area contributed by atoms with Gasteiger partial charge in [-0.2, -0.15) is 4.39 Å². The highest BCUT2D eigenvalue weighted by Crippen LogP contribution is 2.31. The zero-order chi connectivity index (χ0) is 20.6. The summed E-state index contributed by atoms with van der Waals surface area (Å²) in [6.07, 6.45) is 3.04. The lowest BCUT2D eigenvalue weighted by molar-refractivity contribution is 0.0993. The third-order valence-corrected chi connectivity index (χ3v) is 4.97. The van der Waals surface area contributed by atoms with Crippen molar-refractivity contribution in [1.29, 1.82) is 0 Å². The number of carbonyl (C=O) groups excluding carboxylic acids is 1. The van der Waals surface area contributed by atoms with Crippen molar-refractivity contribution in [2.75, 3.05) is 18.0 Å². The minimum atomic E-state index is -0.896. The maximum absolute atomic E-state index is 14.9. The van der Waals surface area contributed by atoms with Gasteiger partial charge in [-0.15, -0.1) is 12.4 Å². The molecule has 0 atom stereocenters. The van der Waals surface area contributed by atoms with Gasteiger partial charge in [0.1, 0.15) is 5.69 Å². The van der Waals surface area contributed by atoms with Crippen LogP contribution in [0.4, 0.5) is 10.3 Å². The van der Waals surface area contributed by atoms with Crippen molar-refractivity contribution in [2.24, 2.45) is 5.41 Å². The lowest BCUT2D eigenvalue weighted by atomic mass is 9.90. The van der Waals surface area contributed by atoms with Crippen molar-refractivity contribution in [3.05, 3.63) is 76.6 Å². The van der Waals surface area contributed by atoms with Crippen molar-refractivity contribution >= 4 is 24.1 Å². The average Bonchev–Trinajstić information content (AvgIpc) is 2.72. The zero-order valence-electron chi connectivity index (χ0n) is 16.7. The van der Waals surface area contributed by atoms with Gasteiger partial charge in [-0.3, -0.25) is 19.1 Å². The topological polar surface area (TPSA) is 68.1 Å². The van der Waals surface area contributed by atoms with Crippen LogP contribution in [0.2, 0.25) is 0 Å². The van der Waals surface area contributed by atoms with Crippen molar-refractivity contribution in [3.8, 4) is 11.3 Å². The molecule has 0 N–H and O–H groups in total. The molecule has 2 aromatic heterocycles. The molecular formula is C22H22ClFN4O2. The van der Waals surface area contributed by atoms with Crippen LogP contribution in [0.3, 0.4) is 0 Å². The Bertz CT molecular complexity index is 1120. The van der Waals surface area contributed by atoms with Gasteiger partial charge in [0, 0.05) is 42.0 Å². The van der Waals surface area contributed by atoms with Crippen molar-refractivity contribution < 1.29 is 9.18 Å². The first-order valence-electron chi connectivity index (χ1n) is 9.40. The van der Waals surface area contributed by atoms with Gasteiger partial charge < -0.3 is 4.90 Å². The molecule has 1 aliphatic rings. The molecule has 0 amide bonds. The Kier molecular flexibility index (Phi) is 6.03. The number of carbonyl (C=O) groups is 1. The van der Waals surface area contributed by atoms with Gasteiger partial charge in [0.05, 0.1) is 6.54 Å². The molecule has 0 bridgehead atoms. The molecule has 4 rings (SSSR count). The van der Waals surface area contributed by atoms with E-state index in [0.29, 0.717) is 30.2 Å². The Labute approximate surface area is 179 Å². The molecule has 3 aromatic rings. The fraction of sp³-hybridized carbons (Fsp3) is 0.273. The standard InChI is InChI=1S/C22H21FN4O2.ClH/c1-22(2)13-26(12-17(28)15-6-4-3-5-7-15)21-25-19(16-8-10-24-11-9-16)18(23)20(29)27(21)14-22;/h3-11H,12-14H2,1-2H3;1H. The first-order valence-corrected chi connectivity index (χ1v) is 9.40. The average molecular weight is 429 g/mol. The van der Waals surface area contributed by atoms with E-state index in [0.717, 1.165) is 0 Å². The van der Waals surface area contributed by atoms with E-state index in [2.05, 4.69) is 9.97 Å². The summed E-state index contributed by atoms with van der Waals surface area (Å²) in [7, 11) is 0. The number of anilines is 1. The van der Waals surface area contributed by atoms with Gasteiger partial charge >= 0.3 is 0 Å². The van der Waals surface area contributed by atoms with Crippen molar-refractivity contribution in [2.45, 2.75) is 20.4 Å². The first-order chi connectivity index (χ1) is 13.9. The number of hydrogen-bond acceptors (Lipinski definition) is 5. The van der Waals surface area contributed by atoms with E-state index in [4.69, 9.17) is 0 Å². The van der Waals surface area contributed by atoms with Gasteiger partial charge in [0.2, 0.25) is 11.8 Å². The highest BCUT2D eigenvalue weighted by molar-refractivity contribution is 5.99. The quantitative estimate of drug-likeness (QED) is 0.594. The first kappa shape index (κ1) is 21.6. The molecule has 1 aromatic carbocycles. The minimum absolute atomic E-state index is 0. The molecule has 30 heavy (non-hydrogen) atoms. The van der Waals surface area contributed by atoms with E-state index in [1.807, 2.05) is 19.9 Å².